The largest absolute Gasteiger partial charge is 0.490 e. The maximum absolute atomic E-state index is 5.93. The number of hydrogen-bond donors (Lipinski definition) is 2. The zero-order valence-corrected chi connectivity index (χ0v) is 22.2. The number of nitrogens with one attached hydrogen (secondary N) is 2. The molecule has 0 aliphatic carbocycles. The van der Waals surface area contributed by atoms with Crippen molar-refractivity contribution in [3.8, 4) is 11.5 Å². The molecule has 31 heavy (non-hydrogen) atoms. The van der Waals surface area contributed by atoms with Crippen molar-refractivity contribution in [3.63, 3.8) is 0 Å². The first-order chi connectivity index (χ1) is 14.4. The Morgan fingerprint density at radius 1 is 1.13 bits per heavy atom. The summed E-state index contributed by atoms with van der Waals surface area (Å²) in [7, 11) is 3.75. The van der Waals surface area contributed by atoms with Gasteiger partial charge in [0.25, 0.3) is 0 Å². The van der Waals surface area contributed by atoms with Crippen LogP contribution in [0.15, 0.2) is 23.2 Å². The van der Waals surface area contributed by atoms with Gasteiger partial charge in [-0.2, -0.15) is 5.10 Å². The van der Waals surface area contributed by atoms with Gasteiger partial charge in [-0.15, -0.1) is 24.0 Å². The molecular weight excluding hydrogens is 505 g/mol. The number of benzene rings is 1. The van der Waals surface area contributed by atoms with Gasteiger partial charge in [-0.3, -0.25) is 9.67 Å². The summed E-state index contributed by atoms with van der Waals surface area (Å²) < 4.78 is 13.7. The number of halogens is 1. The van der Waals surface area contributed by atoms with Gasteiger partial charge >= 0.3 is 0 Å². The quantitative estimate of drug-likeness (QED) is 0.259. The lowest BCUT2D eigenvalue weighted by Crippen LogP contribution is -2.38. The highest BCUT2D eigenvalue weighted by Gasteiger charge is 2.14. The lowest BCUT2D eigenvalue weighted by atomic mass is 10.1. The van der Waals surface area contributed by atoms with Gasteiger partial charge < -0.3 is 20.1 Å². The van der Waals surface area contributed by atoms with Gasteiger partial charge in [0.2, 0.25) is 0 Å². The standard InChI is InChI=1S/C23H37N5O2.HI/c1-8-12-29-21-11-10-19(14-22(21)30-13-9-2)16(3)26-23(24-6)25-15-20-17(4)27-28(7)18(20)5;/h10-11,14,16H,8-9,12-13,15H2,1-7H3,(H2,24,25,26);1H. The predicted octanol–water partition coefficient (Wildman–Crippen LogP) is 4.66. The molecule has 1 aromatic carbocycles. The molecule has 2 rings (SSSR count). The van der Waals surface area contributed by atoms with E-state index in [9.17, 15) is 0 Å². The fraction of sp³-hybridized carbons (Fsp3) is 0.565. The number of hydrogen-bond acceptors (Lipinski definition) is 4. The first-order valence-electron chi connectivity index (χ1n) is 10.8. The second-order valence-electron chi connectivity index (χ2n) is 7.47. The van der Waals surface area contributed by atoms with Crippen molar-refractivity contribution in [2.75, 3.05) is 20.3 Å². The number of nitrogens with zero attached hydrogens (tertiary/aromatic N) is 3. The molecule has 0 aliphatic rings. The molecule has 2 aromatic rings. The highest BCUT2D eigenvalue weighted by molar-refractivity contribution is 14.0. The average molecular weight is 543 g/mol. The van der Waals surface area contributed by atoms with Crippen molar-refractivity contribution in [2.45, 2.75) is 60.0 Å². The third-order valence-electron chi connectivity index (χ3n) is 5.06. The van der Waals surface area contributed by atoms with E-state index in [0.717, 1.165) is 47.3 Å². The smallest absolute Gasteiger partial charge is 0.191 e. The van der Waals surface area contributed by atoms with Crippen LogP contribution in [-0.2, 0) is 13.6 Å². The van der Waals surface area contributed by atoms with Crippen molar-refractivity contribution in [1.82, 2.24) is 20.4 Å². The van der Waals surface area contributed by atoms with Crippen molar-refractivity contribution < 1.29 is 9.47 Å². The normalized spacial score (nSPS) is 12.2. The van der Waals surface area contributed by atoms with Crippen molar-refractivity contribution >= 4 is 29.9 Å². The number of guanidine groups is 1. The molecule has 0 saturated carbocycles. The van der Waals surface area contributed by atoms with Crippen LogP contribution in [0.2, 0.25) is 0 Å². The minimum atomic E-state index is 0. The number of aryl methyl sites for hydroxylation is 2. The first-order valence-corrected chi connectivity index (χ1v) is 10.8. The molecule has 1 aromatic heterocycles. The Morgan fingerprint density at radius 3 is 2.32 bits per heavy atom. The molecule has 7 nitrogen and oxygen atoms in total. The third-order valence-corrected chi connectivity index (χ3v) is 5.06. The van der Waals surface area contributed by atoms with Crippen LogP contribution in [0.5, 0.6) is 11.5 Å². The third kappa shape index (κ3) is 7.59. The van der Waals surface area contributed by atoms with Crippen molar-refractivity contribution in [2.24, 2.45) is 12.0 Å². The Kier molecular flexibility index (Phi) is 11.7. The Labute approximate surface area is 204 Å². The summed E-state index contributed by atoms with van der Waals surface area (Å²) in [5, 5.41) is 11.3. The number of rotatable bonds is 10. The Morgan fingerprint density at radius 2 is 1.77 bits per heavy atom. The minimum absolute atomic E-state index is 0. The maximum Gasteiger partial charge on any atom is 0.191 e. The van der Waals surface area contributed by atoms with Crippen molar-refractivity contribution in [1.29, 1.82) is 0 Å². The minimum Gasteiger partial charge on any atom is -0.490 e. The second kappa shape index (κ2) is 13.4. The number of ether oxygens (including phenoxy) is 2. The van der Waals surface area contributed by atoms with E-state index in [2.05, 4.69) is 60.6 Å². The molecule has 0 radical (unpaired) electrons. The average Bonchev–Trinajstić information content (AvgIpc) is 2.99. The fourth-order valence-corrected chi connectivity index (χ4v) is 3.18. The van der Waals surface area contributed by atoms with E-state index in [1.54, 1.807) is 7.05 Å². The van der Waals surface area contributed by atoms with Crippen LogP contribution in [-0.4, -0.2) is 36.0 Å². The van der Waals surface area contributed by atoms with Crippen LogP contribution in [0, 0.1) is 13.8 Å². The van der Waals surface area contributed by atoms with E-state index < -0.39 is 0 Å². The summed E-state index contributed by atoms with van der Waals surface area (Å²) in [5.74, 6) is 2.33. The molecule has 8 heteroatoms. The molecule has 0 fully saturated rings. The van der Waals surface area contributed by atoms with E-state index in [1.165, 1.54) is 5.56 Å². The van der Waals surface area contributed by atoms with Crippen LogP contribution in [0.4, 0.5) is 0 Å². The van der Waals surface area contributed by atoms with E-state index in [-0.39, 0.29) is 30.0 Å². The number of aliphatic imine (C=N–C) groups is 1. The molecule has 0 saturated heterocycles. The van der Waals surface area contributed by atoms with Crippen LogP contribution in [0.3, 0.4) is 0 Å². The van der Waals surface area contributed by atoms with E-state index in [4.69, 9.17) is 9.47 Å². The summed E-state index contributed by atoms with van der Waals surface area (Å²) in [4.78, 5) is 4.38. The molecule has 2 N–H and O–H groups in total. The topological polar surface area (TPSA) is 72.7 Å². The monoisotopic (exact) mass is 543 g/mol. The Hall–Kier alpha value is -1.97. The molecule has 1 unspecified atom stereocenters. The first kappa shape index (κ1) is 27.1. The van der Waals surface area contributed by atoms with E-state index >= 15 is 0 Å². The van der Waals surface area contributed by atoms with Gasteiger partial charge in [0.15, 0.2) is 17.5 Å². The van der Waals surface area contributed by atoms with Crippen LogP contribution in [0.25, 0.3) is 0 Å². The van der Waals surface area contributed by atoms with Gasteiger partial charge in [0.05, 0.1) is 24.9 Å². The summed E-state index contributed by atoms with van der Waals surface area (Å²) in [6.45, 7) is 12.4. The van der Waals surface area contributed by atoms with Gasteiger partial charge in [-0.1, -0.05) is 19.9 Å². The van der Waals surface area contributed by atoms with Gasteiger partial charge in [0.1, 0.15) is 0 Å². The molecule has 0 bridgehead atoms. The Balaban J connectivity index is 0.00000480. The lowest BCUT2D eigenvalue weighted by Gasteiger charge is -2.20. The summed E-state index contributed by atoms with van der Waals surface area (Å²) in [5.41, 5.74) is 4.50. The highest BCUT2D eigenvalue weighted by Crippen LogP contribution is 2.31. The van der Waals surface area contributed by atoms with Gasteiger partial charge in [0, 0.05) is 31.9 Å². The van der Waals surface area contributed by atoms with Crippen LogP contribution in [0.1, 0.15) is 62.2 Å². The molecule has 0 aliphatic heterocycles. The highest BCUT2D eigenvalue weighted by atomic mass is 127. The fourth-order valence-electron chi connectivity index (χ4n) is 3.18. The Bertz CT molecular complexity index is 851. The summed E-state index contributed by atoms with van der Waals surface area (Å²) in [6.07, 6.45) is 1.92. The molecule has 0 amide bonds. The zero-order valence-electron chi connectivity index (χ0n) is 19.9. The van der Waals surface area contributed by atoms with Crippen molar-refractivity contribution in [3.05, 3.63) is 40.7 Å². The van der Waals surface area contributed by atoms with Crippen LogP contribution >= 0.6 is 24.0 Å². The summed E-state index contributed by atoms with van der Waals surface area (Å²) in [6, 6.07) is 6.18. The van der Waals surface area contributed by atoms with E-state index in [1.807, 2.05) is 24.7 Å². The second-order valence-corrected chi connectivity index (χ2v) is 7.47. The molecule has 1 atom stereocenters. The van der Waals surface area contributed by atoms with E-state index in [0.29, 0.717) is 19.8 Å². The number of aromatic nitrogens is 2. The molecule has 1 heterocycles. The SMILES string of the molecule is CCCOc1ccc(C(C)NC(=NC)NCc2c(C)nn(C)c2C)cc1OCCC.I. The van der Waals surface area contributed by atoms with Gasteiger partial charge in [-0.05, 0) is 51.3 Å². The maximum atomic E-state index is 5.93. The molecule has 174 valence electrons. The molecule has 0 spiro atoms. The molecular formula is C23H38IN5O2. The zero-order chi connectivity index (χ0) is 22.1. The van der Waals surface area contributed by atoms with Gasteiger partial charge in [-0.25, -0.2) is 0 Å². The summed E-state index contributed by atoms with van der Waals surface area (Å²) >= 11 is 0. The lowest BCUT2D eigenvalue weighted by molar-refractivity contribution is 0.268. The van der Waals surface area contributed by atoms with Crippen LogP contribution < -0.4 is 20.1 Å². The predicted molar refractivity (Wildman–Crippen MR) is 138 cm³/mol.